The molecule has 0 amide bonds. The Bertz CT molecular complexity index is 1050. The van der Waals surface area contributed by atoms with Crippen molar-refractivity contribution in [3.05, 3.63) is 59.4 Å². The first kappa shape index (κ1) is 20.4. The van der Waals surface area contributed by atoms with Crippen LogP contribution in [0.1, 0.15) is 36.1 Å². The highest BCUT2D eigenvalue weighted by Gasteiger charge is 2.43. The summed E-state index contributed by atoms with van der Waals surface area (Å²) in [6.45, 7) is 4.15. The number of benzene rings is 2. The Labute approximate surface area is 175 Å². The first-order valence-corrected chi connectivity index (χ1v) is 9.96. The summed E-state index contributed by atoms with van der Waals surface area (Å²) in [5.74, 6) is 1.16. The number of aromatic nitrogens is 2. The minimum Gasteiger partial charge on any atom is -0.479 e. The SMILES string of the molecule is COCCO[C@@H]1c2ccc3c(nc(C)n3C)c2O[C@H](c2ccccc2)[C@H]1OC(C)=O. The van der Waals surface area contributed by atoms with E-state index < -0.39 is 18.3 Å². The molecule has 3 aromatic rings. The summed E-state index contributed by atoms with van der Waals surface area (Å²) < 4.78 is 25.6. The van der Waals surface area contributed by atoms with Gasteiger partial charge in [0.15, 0.2) is 18.0 Å². The number of methoxy groups -OCH3 is 1. The smallest absolute Gasteiger partial charge is 0.303 e. The molecule has 0 unspecified atom stereocenters. The second kappa shape index (κ2) is 8.45. The van der Waals surface area contributed by atoms with E-state index in [-0.39, 0.29) is 5.97 Å². The Hall–Kier alpha value is -2.90. The average Bonchev–Trinajstić information content (AvgIpc) is 3.03. The number of carbonyl (C=O) groups excluding carboxylic acids is 1. The molecule has 30 heavy (non-hydrogen) atoms. The molecule has 0 spiro atoms. The lowest BCUT2D eigenvalue weighted by molar-refractivity contribution is -0.170. The van der Waals surface area contributed by atoms with Crippen LogP contribution in [0, 0.1) is 6.92 Å². The minimum absolute atomic E-state index is 0.360. The van der Waals surface area contributed by atoms with Gasteiger partial charge in [0.05, 0.1) is 18.7 Å². The predicted molar refractivity (Wildman–Crippen MR) is 111 cm³/mol. The number of hydrogen-bond donors (Lipinski definition) is 0. The quantitative estimate of drug-likeness (QED) is 0.456. The zero-order valence-corrected chi connectivity index (χ0v) is 17.6. The molecule has 1 aromatic heterocycles. The van der Waals surface area contributed by atoms with Gasteiger partial charge in [0.1, 0.15) is 17.4 Å². The molecule has 0 saturated heterocycles. The molecule has 158 valence electrons. The van der Waals surface area contributed by atoms with Gasteiger partial charge in [-0.1, -0.05) is 36.4 Å². The van der Waals surface area contributed by atoms with E-state index in [0.717, 1.165) is 28.0 Å². The maximum Gasteiger partial charge on any atom is 0.303 e. The molecular weight excluding hydrogens is 384 g/mol. The summed E-state index contributed by atoms with van der Waals surface area (Å²) in [6.07, 6.45) is -1.68. The van der Waals surface area contributed by atoms with Gasteiger partial charge in [0.2, 0.25) is 0 Å². The summed E-state index contributed by atoms with van der Waals surface area (Å²) in [6, 6.07) is 13.7. The Morgan fingerprint density at radius 2 is 1.93 bits per heavy atom. The van der Waals surface area contributed by atoms with Gasteiger partial charge in [0, 0.05) is 26.6 Å². The molecule has 0 aliphatic carbocycles. The summed E-state index contributed by atoms with van der Waals surface area (Å²) in [7, 11) is 3.60. The highest BCUT2D eigenvalue weighted by atomic mass is 16.6. The second-order valence-electron chi connectivity index (χ2n) is 7.38. The van der Waals surface area contributed by atoms with Crippen LogP contribution in [0.15, 0.2) is 42.5 Å². The maximum absolute atomic E-state index is 12.0. The lowest BCUT2D eigenvalue weighted by Gasteiger charge is -2.38. The van der Waals surface area contributed by atoms with Gasteiger partial charge in [-0.25, -0.2) is 4.98 Å². The highest BCUT2D eigenvalue weighted by Crippen LogP contribution is 2.47. The maximum atomic E-state index is 12.0. The van der Waals surface area contributed by atoms with Crippen molar-refractivity contribution >= 4 is 17.0 Å². The molecular formula is C23H26N2O5. The molecule has 0 radical (unpaired) electrons. The number of nitrogens with zero attached hydrogens (tertiary/aromatic N) is 2. The first-order chi connectivity index (χ1) is 14.5. The second-order valence-corrected chi connectivity index (χ2v) is 7.38. The van der Waals surface area contributed by atoms with Crippen molar-refractivity contribution in [2.75, 3.05) is 20.3 Å². The molecule has 2 heterocycles. The average molecular weight is 410 g/mol. The third-order valence-corrected chi connectivity index (χ3v) is 5.42. The van der Waals surface area contributed by atoms with Crippen molar-refractivity contribution in [3.8, 4) is 5.75 Å². The topological polar surface area (TPSA) is 71.8 Å². The summed E-state index contributed by atoms with van der Waals surface area (Å²) in [4.78, 5) is 16.7. The molecule has 7 nitrogen and oxygen atoms in total. The van der Waals surface area contributed by atoms with E-state index in [9.17, 15) is 4.79 Å². The van der Waals surface area contributed by atoms with Crippen molar-refractivity contribution in [3.63, 3.8) is 0 Å². The van der Waals surface area contributed by atoms with E-state index in [0.29, 0.717) is 19.0 Å². The van der Waals surface area contributed by atoms with E-state index in [4.69, 9.17) is 23.9 Å². The Kier molecular flexibility index (Phi) is 5.74. The number of rotatable bonds is 6. The Balaban J connectivity index is 1.87. The van der Waals surface area contributed by atoms with Crippen LogP contribution in [0.5, 0.6) is 5.75 Å². The largest absolute Gasteiger partial charge is 0.479 e. The molecule has 0 fully saturated rings. The number of aryl methyl sites for hydroxylation is 2. The normalized spacial score (nSPS) is 20.6. The third-order valence-electron chi connectivity index (χ3n) is 5.42. The zero-order chi connectivity index (χ0) is 21.3. The predicted octanol–water partition coefficient (Wildman–Crippen LogP) is 3.65. The number of ether oxygens (including phenoxy) is 4. The molecule has 7 heteroatoms. The first-order valence-electron chi connectivity index (χ1n) is 9.96. The van der Waals surface area contributed by atoms with Crippen LogP contribution in [0.2, 0.25) is 0 Å². The number of hydrogen-bond acceptors (Lipinski definition) is 6. The number of carbonyl (C=O) groups is 1. The summed E-state index contributed by atoms with van der Waals surface area (Å²) in [5.41, 5.74) is 3.46. The fourth-order valence-corrected chi connectivity index (χ4v) is 3.90. The molecule has 0 N–H and O–H groups in total. The van der Waals surface area contributed by atoms with Crippen LogP contribution in [0.4, 0.5) is 0 Å². The lowest BCUT2D eigenvalue weighted by atomic mass is 9.91. The molecule has 0 bridgehead atoms. The van der Waals surface area contributed by atoms with Crippen molar-refractivity contribution in [2.24, 2.45) is 7.05 Å². The van der Waals surface area contributed by atoms with Gasteiger partial charge in [-0.15, -0.1) is 0 Å². The summed E-state index contributed by atoms with van der Waals surface area (Å²) >= 11 is 0. The number of fused-ring (bicyclic) bond motifs is 3. The van der Waals surface area contributed by atoms with E-state index in [1.165, 1.54) is 6.92 Å². The van der Waals surface area contributed by atoms with Crippen LogP contribution in [-0.2, 0) is 26.1 Å². The van der Waals surface area contributed by atoms with Gasteiger partial charge in [0.25, 0.3) is 0 Å². The van der Waals surface area contributed by atoms with E-state index >= 15 is 0 Å². The van der Waals surface area contributed by atoms with Crippen molar-refractivity contribution in [2.45, 2.75) is 32.2 Å². The van der Waals surface area contributed by atoms with Crippen molar-refractivity contribution < 1.29 is 23.7 Å². The molecule has 2 aromatic carbocycles. The van der Waals surface area contributed by atoms with Gasteiger partial charge in [-0.2, -0.15) is 0 Å². The van der Waals surface area contributed by atoms with Crippen molar-refractivity contribution in [1.29, 1.82) is 0 Å². The highest BCUT2D eigenvalue weighted by molar-refractivity contribution is 5.85. The zero-order valence-electron chi connectivity index (χ0n) is 17.6. The van der Waals surface area contributed by atoms with Crippen LogP contribution in [0.25, 0.3) is 11.0 Å². The van der Waals surface area contributed by atoms with E-state index in [1.54, 1.807) is 7.11 Å². The monoisotopic (exact) mass is 410 g/mol. The van der Waals surface area contributed by atoms with Crippen LogP contribution >= 0.6 is 0 Å². The van der Waals surface area contributed by atoms with Crippen molar-refractivity contribution in [1.82, 2.24) is 9.55 Å². The van der Waals surface area contributed by atoms with Gasteiger partial charge in [-0.05, 0) is 18.6 Å². The number of imidazole rings is 1. The minimum atomic E-state index is -0.642. The summed E-state index contributed by atoms with van der Waals surface area (Å²) in [5, 5.41) is 0. The van der Waals surface area contributed by atoms with Gasteiger partial charge < -0.3 is 23.5 Å². The van der Waals surface area contributed by atoms with E-state index in [1.807, 2.05) is 61.0 Å². The molecule has 1 aliphatic heterocycles. The third kappa shape index (κ3) is 3.66. The van der Waals surface area contributed by atoms with Crippen LogP contribution in [0.3, 0.4) is 0 Å². The van der Waals surface area contributed by atoms with Crippen LogP contribution in [-0.4, -0.2) is 41.9 Å². The lowest BCUT2D eigenvalue weighted by Crippen LogP contribution is -2.39. The standard InChI is InChI=1S/C23H26N2O5/c1-14-24-19-18(25(14)3)11-10-17-21(19)30-20(16-8-6-5-7-9-16)23(29-15(2)26)22(17)28-13-12-27-4/h5-11,20,22-23H,12-13H2,1-4H3/t20-,22-,23-/m1/s1. The molecule has 1 aliphatic rings. The molecule has 3 atom stereocenters. The Morgan fingerprint density at radius 1 is 1.17 bits per heavy atom. The van der Waals surface area contributed by atoms with Gasteiger partial charge in [-0.3, -0.25) is 4.79 Å². The van der Waals surface area contributed by atoms with E-state index in [2.05, 4.69) is 0 Å². The fraction of sp³-hybridized carbons (Fsp3) is 0.391. The Morgan fingerprint density at radius 3 is 2.63 bits per heavy atom. The van der Waals surface area contributed by atoms with Gasteiger partial charge >= 0.3 is 5.97 Å². The molecule has 0 saturated carbocycles. The number of esters is 1. The molecule has 4 rings (SSSR count). The fourth-order valence-electron chi connectivity index (χ4n) is 3.90. The van der Waals surface area contributed by atoms with Crippen LogP contribution < -0.4 is 4.74 Å².